The molecule has 0 saturated carbocycles. The summed E-state index contributed by atoms with van der Waals surface area (Å²) in [6.45, 7) is 3.96. The number of nitrogens with one attached hydrogen (secondary N) is 1. The SMILES string of the molecule is CCC[C@@H](C)NC(=O)COc1ccc(N(C)S(C)(=O)=O)cc1. The lowest BCUT2D eigenvalue weighted by Gasteiger charge is -2.17. The maximum Gasteiger partial charge on any atom is 0.258 e. The minimum Gasteiger partial charge on any atom is -0.484 e. The molecule has 0 fully saturated rings. The summed E-state index contributed by atoms with van der Waals surface area (Å²) >= 11 is 0. The van der Waals surface area contributed by atoms with Gasteiger partial charge in [0.25, 0.3) is 5.91 Å². The molecular weight excluding hydrogens is 304 g/mol. The minimum atomic E-state index is -3.29. The Morgan fingerprint density at radius 1 is 1.32 bits per heavy atom. The van der Waals surface area contributed by atoms with E-state index >= 15 is 0 Å². The Hall–Kier alpha value is -1.76. The molecule has 0 aromatic heterocycles. The van der Waals surface area contributed by atoms with Crippen molar-refractivity contribution in [3.63, 3.8) is 0 Å². The van der Waals surface area contributed by atoms with Crippen LogP contribution in [0.5, 0.6) is 5.75 Å². The van der Waals surface area contributed by atoms with Gasteiger partial charge in [-0.2, -0.15) is 0 Å². The van der Waals surface area contributed by atoms with Crippen molar-refractivity contribution < 1.29 is 17.9 Å². The highest BCUT2D eigenvalue weighted by atomic mass is 32.2. The van der Waals surface area contributed by atoms with E-state index in [-0.39, 0.29) is 18.6 Å². The number of amides is 1. The van der Waals surface area contributed by atoms with Crippen molar-refractivity contribution in [2.24, 2.45) is 0 Å². The van der Waals surface area contributed by atoms with E-state index in [9.17, 15) is 13.2 Å². The molecule has 6 nitrogen and oxygen atoms in total. The first-order valence-corrected chi connectivity index (χ1v) is 9.05. The van der Waals surface area contributed by atoms with Crippen LogP contribution in [-0.4, -0.2) is 40.3 Å². The van der Waals surface area contributed by atoms with Gasteiger partial charge in [0.2, 0.25) is 10.0 Å². The maximum atomic E-state index is 11.7. The van der Waals surface area contributed by atoms with Gasteiger partial charge < -0.3 is 10.1 Å². The van der Waals surface area contributed by atoms with E-state index in [4.69, 9.17) is 4.74 Å². The van der Waals surface area contributed by atoms with E-state index < -0.39 is 10.0 Å². The van der Waals surface area contributed by atoms with E-state index in [0.717, 1.165) is 19.1 Å². The minimum absolute atomic E-state index is 0.0602. The highest BCUT2D eigenvalue weighted by Crippen LogP contribution is 2.20. The number of hydrogen-bond acceptors (Lipinski definition) is 4. The fourth-order valence-electron chi connectivity index (χ4n) is 1.91. The molecule has 0 aliphatic rings. The third kappa shape index (κ3) is 5.93. The summed E-state index contributed by atoms with van der Waals surface area (Å²) in [6.07, 6.45) is 3.08. The Bertz CT molecular complexity index is 584. The number of rotatable bonds is 8. The van der Waals surface area contributed by atoms with Crippen molar-refractivity contribution >= 4 is 21.6 Å². The van der Waals surface area contributed by atoms with Gasteiger partial charge >= 0.3 is 0 Å². The standard InChI is InChI=1S/C15H24N2O4S/c1-5-6-12(2)16-15(18)11-21-14-9-7-13(8-10-14)17(3)22(4,19)20/h7-10,12H,5-6,11H2,1-4H3,(H,16,18)/t12-/m1/s1. The lowest BCUT2D eigenvalue weighted by atomic mass is 10.2. The first-order valence-electron chi connectivity index (χ1n) is 7.20. The summed E-state index contributed by atoms with van der Waals surface area (Å²) in [4.78, 5) is 11.7. The second-order valence-electron chi connectivity index (χ2n) is 5.27. The second kappa shape index (κ2) is 8.03. The van der Waals surface area contributed by atoms with Crippen LogP contribution in [0.2, 0.25) is 0 Å². The molecule has 0 unspecified atom stereocenters. The first kappa shape index (κ1) is 18.3. The predicted octanol–water partition coefficient (Wildman–Crippen LogP) is 1.77. The van der Waals surface area contributed by atoms with Crippen molar-refractivity contribution in [1.29, 1.82) is 0 Å². The lowest BCUT2D eigenvalue weighted by Crippen LogP contribution is -2.35. The van der Waals surface area contributed by atoms with Crippen LogP contribution in [0.15, 0.2) is 24.3 Å². The van der Waals surface area contributed by atoms with Crippen LogP contribution in [0.3, 0.4) is 0 Å². The Morgan fingerprint density at radius 3 is 2.41 bits per heavy atom. The van der Waals surface area contributed by atoms with Gasteiger partial charge in [0.15, 0.2) is 6.61 Å². The first-order chi connectivity index (χ1) is 10.2. The van der Waals surface area contributed by atoms with Gasteiger partial charge in [0.1, 0.15) is 5.75 Å². The van der Waals surface area contributed by atoms with Crippen LogP contribution in [0, 0.1) is 0 Å². The Balaban J connectivity index is 2.53. The molecule has 0 spiro atoms. The van der Waals surface area contributed by atoms with Crippen LogP contribution in [0.1, 0.15) is 26.7 Å². The maximum absolute atomic E-state index is 11.7. The molecule has 0 heterocycles. The smallest absolute Gasteiger partial charge is 0.258 e. The molecule has 7 heteroatoms. The van der Waals surface area contributed by atoms with E-state index in [2.05, 4.69) is 12.2 Å². The highest BCUT2D eigenvalue weighted by molar-refractivity contribution is 7.92. The van der Waals surface area contributed by atoms with Gasteiger partial charge in [0, 0.05) is 13.1 Å². The summed E-state index contributed by atoms with van der Waals surface area (Å²) in [5, 5.41) is 2.85. The van der Waals surface area contributed by atoms with Crippen LogP contribution in [0.25, 0.3) is 0 Å². The van der Waals surface area contributed by atoms with Crippen molar-refractivity contribution in [1.82, 2.24) is 5.32 Å². The van der Waals surface area contributed by atoms with Crippen molar-refractivity contribution in [3.8, 4) is 5.75 Å². The van der Waals surface area contributed by atoms with Crippen LogP contribution in [0.4, 0.5) is 5.69 Å². The molecule has 0 radical (unpaired) electrons. The fourth-order valence-corrected chi connectivity index (χ4v) is 2.42. The van der Waals surface area contributed by atoms with Gasteiger partial charge in [-0.25, -0.2) is 8.42 Å². The average Bonchev–Trinajstić information content (AvgIpc) is 2.44. The van der Waals surface area contributed by atoms with Crippen molar-refractivity contribution in [2.75, 3.05) is 24.2 Å². The summed E-state index contributed by atoms with van der Waals surface area (Å²) in [5.41, 5.74) is 0.538. The van der Waals surface area contributed by atoms with Gasteiger partial charge in [-0.15, -0.1) is 0 Å². The van der Waals surface area contributed by atoms with E-state index in [1.165, 1.54) is 11.4 Å². The summed E-state index contributed by atoms with van der Waals surface area (Å²) in [6, 6.07) is 6.67. The number of hydrogen-bond donors (Lipinski definition) is 1. The van der Waals surface area contributed by atoms with Gasteiger partial charge in [-0.1, -0.05) is 13.3 Å². The number of ether oxygens (including phenoxy) is 1. The zero-order valence-corrected chi connectivity index (χ0v) is 14.3. The normalized spacial score (nSPS) is 12.5. The summed E-state index contributed by atoms with van der Waals surface area (Å²) in [5.74, 6) is 0.349. The molecule has 0 aliphatic carbocycles. The molecule has 1 amide bonds. The summed E-state index contributed by atoms with van der Waals surface area (Å²) < 4.78 is 29.4. The number of sulfonamides is 1. The molecule has 22 heavy (non-hydrogen) atoms. The Labute approximate surface area is 132 Å². The zero-order valence-electron chi connectivity index (χ0n) is 13.5. The third-order valence-corrected chi connectivity index (χ3v) is 4.40. The van der Waals surface area contributed by atoms with Gasteiger partial charge in [0.05, 0.1) is 11.9 Å². The van der Waals surface area contributed by atoms with Gasteiger partial charge in [-0.05, 0) is 37.6 Å². The zero-order chi connectivity index (χ0) is 16.8. The van der Waals surface area contributed by atoms with E-state index in [0.29, 0.717) is 11.4 Å². The number of nitrogens with zero attached hydrogens (tertiary/aromatic N) is 1. The number of anilines is 1. The Morgan fingerprint density at radius 2 is 1.91 bits per heavy atom. The fraction of sp³-hybridized carbons (Fsp3) is 0.533. The molecule has 1 aromatic carbocycles. The number of carbonyl (C=O) groups excluding carboxylic acids is 1. The van der Waals surface area contributed by atoms with Crippen LogP contribution in [-0.2, 0) is 14.8 Å². The van der Waals surface area contributed by atoms with Crippen LogP contribution >= 0.6 is 0 Å². The number of benzene rings is 1. The highest BCUT2D eigenvalue weighted by Gasteiger charge is 2.12. The Kier molecular flexibility index (Phi) is 6.67. The topological polar surface area (TPSA) is 75.7 Å². The molecule has 1 N–H and O–H groups in total. The van der Waals surface area contributed by atoms with Crippen molar-refractivity contribution in [3.05, 3.63) is 24.3 Å². The molecule has 1 atom stereocenters. The van der Waals surface area contributed by atoms with Gasteiger partial charge in [-0.3, -0.25) is 9.10 Å². The second-order valence-corrected chi connectivity index (χ2v) is 7.28. The molecule has 1 aromatic rings. The average molecular weight is 328 g/mol. The molecule has 0 bridgehead atoms. The lowest BCUT2D eigenvalue weighted by molar-refractivity contribution is -0.123. The molecule has 0 saturated heterocycles. The van der Waals surface area contributed by atoms with Crippen LogP contribution < -0.4 is 14.4 Å². The third-order valence-electron chi connectivity index (χ3n) is 3.20. The van der Waals surface area contributed by atoms with Crippen molar-refractivity contribution in [2.45, 2.75) is 32.7 Å². The van der Waals surface area contributed by atoms with E-state index in [1.807, 2.05) is 6.92 Å². The molecule has 124 valence electrons. The molecule has 0 aliphatic heterocycles. The quantitative estimate of drug-likeness (QED) is 0.789. The predicted molar refractivity (Wildman–Crippen MR) is 87.7 cm³/mol. The van der Waals surface area contributed by atoms with E-state index in [1.54, 1.807) is 24.3 Å². The number of carbonyl (C=O) groups is 1. The molecular formula is C15H24N2O4S. The largest absolute Gasteiger partial charge is 0.484 e. The molecule has 1 rings (SSSR count). The summed E-state index contributed by atoms with van der Waals surface area (Å²) in [7, 11) is -1.81. The monoisotopic (exact) mass is 328 g/mol.